The molecule has 3 aromatic carbocycles. The van der Waals surface area contributed by atoms with Crippen LogP contribution in [0.2, 0.25) is 0 Å². The van der Waals surface area contributed by atoms with Crippen LogP contribution in [-0.2, 0) is 17.5 Å². The van der Waals surface area contributed by atoms with Gasteiger partial charge in [0.25, 0.3) is 5.89 Å². The second-order valence-corrected chi connectivity index (χ2v) is 8.60. The van der Waals surface area contributed by atoms with Gasteiger partial charge in [0.05, 0.1) is 18.2 Å². The summed E-state index contributed by atoms with van der Waals surface area (Å²) in [5.41, 5.74) is 0.982. The molecule has 0 aliphatic carbocycles. The molecule has 0 aliphatic rings. The lowest BCUT2D eigenvalue weighted by Gasteiger charge is -2.21. The van der Waals surface area contributed by atoms with Crippen LogP contribution in [-0.4, -0.2) is 46.1 Å². The molecule has 1 aromatic heterocycles. The molecule has 0 radical (unpaired) electrons. The van der Waals surface area contributed by atoms with Crippen LogP contribution in [0.25, 0.3) is 34.0 Å². The van der Waals surface area contributed by atoms with Crippen LogP contribution < -0.4 is 0 Å². The minimum absolute atomic E-state index is 0.00599. The molecule has 1 atom stereocenters. The number of aldehydes is 1. The number of aromatic nitrogens is 2. The molecule has 0 fully saturated rings. The number of nitrogens with zero attached hydrogens (tertiary/aromatic N) is 3. The highest BCUT2D eigenvalue weighted by Gasteiger charge is 2.34. The standard InChI is InChI=1S/C27H23F4N3O3/c1-16-5-3-4-6-21(16)22-10-9-18(11-23(22)27(29,30)31)26-32-25(33-37-26)17-7-8-19(24(28)12-17)13-34(2)20(14-35)15-36/h3-12,14,20,36H,13,15H2,1-2H3. The van der Waals surface area contributed by atoms with Gasteiger partial charge in [-0.1, -0.05) is 47.6 Å². The van der Waals surface area contributed by atoms with Crippen LogP contribution >= 0.6 is 0 Å². The van der Waals surface area contributed by atoms with E-state index in [0.717, 1.165) is 6.07 Å². The van der Waals surface area contributed by atoms with Gasteiger partial charge in [-0.15, -0.1) is 0 Å². The molecule has 0 saturated heterocycles. The molecule has 0 spiro atoms. The Kier molecular flexibility index (Phi) is 7.51. The van der Waals surface area contributed by atoms with Gasteiger partial charge in [-0.3, -0.25) is 4.90 Å². The first-order valence-corrected chi connectivity index (χ1v) is 11.3. The summed E-state index contributed by atoms with van der Waals surface area (Å²) in [7, 11) is 1.58. The minimum atomic E-state index is -4.62. The average molecular weight is 513 g/mol. The van der Waals surface area contributed by atoms with Crippen molar-refractivity contribution in [3.8, 4) is 34.0 Å². The Labute approximate surface area is 210 Å². The van der Waals surface area contributed by atoms with Crippen LogP contribution in [0.1, 0.15) is 16.7 Å². The highest BCUT2D eigenvalue weighted by Crippen LogP contribution is 2.40. The maximum absolute atomic E-state index is 14.7. The predicted molar refractivity (Wildman–Crippen MR) is 129 cm³/mol. The number of alkyl halides is 3. The average Bonchev–Trinajstić information content (AvgIpc) is 3.36. The van der Waals surface area contributed by atoms with Gasteiger partial charge in [-0.25, -0.2) is 4.39 Å². The monoisotopic (exact) mass is 513 g/mol. The zero-order valence-electron chi connectivity index (χ0n) is 20.0. The number of likely N-dealkylation sites (N-methyl/N-ethyl adjacent to an activating group) is 1. The maximum atomic E-state index is 14.7. The summed E-state index contributed by atoms with van der Waals surface area (Å²) in [6.45, 7) is 1.41. The summed E-state index contributed by atoms with van der Waals surface area (Å²) >= 11 is 0. The molecule has 0 bridgehead atoms. The van der Waals surface area contributed by atoms with E-state index in [0.29, 0.717) is 17.4 Å². The molecular weight excluding hydrogens is 490 g/mol. The quantitative estimate of drug-likeness (QED) is 0.247. The minimum Gasteiger partial charge on any atom is -0.394 e. The Morgan fingerprint density at radius 2 is 1.78 bits per heavy atom. The van der Waals surface area contributed by atoms with Crippen LogP contribution in [0.5, 0.6) is 0 Å². The summed E-state index contributed by atoms with van der Waals surface area (Å²) < 4.78 is 61.8. The topological polar surface area (TPSA) is 79.5 Å². The number of aliphatic hydroxyl groups is 1. The molecule has 192 valence electrons. The molecular formula is C27H23F4N3O3. The first-order valence-electron chi connectivity index (χ1n) is 11.3. The molecule has 37 heavy (non-hydrogen) atoms. The lowest BCUT2D eigenvalue weighted by atomic mass is 9.94. The van der Waals surface area contributed by atoms with Crippen molar-refractivity contribution in [1.29, 1.82) is 0 Å². The van der Waals surface area contributed by atoms with Crippen molar-refractivity contribution in [3.05, 3.63) is 83.2 Å². The SMILES string of the molecule is Cc1ccccc1-c1ccc(-c2nc(-c3ccc(CN(C)C(C=O)CO)c(F)c3)no2)cc1C(F)(F)F. The number of hydrogen-bond acceptors (Lipinski definition) is 6. The Bertz CT molecular complexity index is 1420. The van der Waals surface area contributed by atoms with E-state index in [1.165, 1.54) is 35.2 Å². The second kappa shape index (κ2) is 10.6. The summed E-state index contributed by atoms with van der Waals surface area (Å²) in [6.07, 6.45) is -4.05. The summed E-state index contributed by atoms with van der Waals surface area (Å²) in [5.74, 6) is -0.732. The van der Waals surface area contributed by atoms with Gasteiger partial charge in [0, 0.05) is 23.2 Å². The first-order chi connectivity index (χ1) is 17.6. The fourth-order valence-electron chi connectivity index (χ4n) is 3.97. The van der Waals surface area contributed by atoms with E-state index in [1.54, 1.807) is 38.2 Å². The van der Waals surface area contributed by atoms with E-state index >= 15 is 0 Å². The Morgan fingerprint density at radius 3 is 2.43 bits per heavy atom. The number of hydrogen-bond donors (Lipinski definition) is 1. The molecule has 10 heteroatoms. The van der Waals surface area contributed by atoms with E-state index in [2.05, 4.69) is 10.1 Å². The van der Waals surface area contributed by atoms with E-state index in [1.807, 2.05) is 0 Å². The van der Waals surface area contributed by atoms with Crippen LogP contribution in [0, 0.1) is 12.7 Å². The molecule has 1 heterocycles. The van der Waals surface area contributed by atoms with Crippen LogP contribution in [0.4, 0.5) is 17.6 Å². The third-order valence-corrected chi connectivity index (χ3v) is 6.07. The molecule has 4 aromatic rings. The van der Waals surface area contributed by atoms with Gasteiger partial charge in [-0.05, 0) is 48.9 Å². The fraction of sp³-hybridized carbons (Fsp3) is 0.222. The summed E-state index contributed by atoms with van der Waals surface area (Å²) in [6, 6.07) is 14.0. The smallest absolute Gasteiger partial charge is 0.394 e. The number of carbonyl (C=O) groups is 1. The number of carbonyl (C=O) groups excluding carboxylic acids is 1. The number of rotatable bonds is 8. The predicted octanol–water partition coefficient (Wildman–Crippen LogP) is 5.53. The second-order valence-electron chi connectivity index (χ2n) is 8.60. The third-order valence-electron chi connectivity index (χ3n) is 6.07. The number of benzene rings is 3. The van der Waals surface area contributed by atoms with Crippen molar-refractivity contribution in [2.45, 2.75) is 25.7 Å². The van der Waals surface area contributed by atoms with Crippen LogP contribution in [0.3, 0.4) is 0 Å². The third kappa shape index (κ3) is 5.60. The zero-order valence-corrected chi connectivity index (χ0v) is 20.0. The van der Waals surface area contributed by atoms with Crippen molar-refractivity contribution in [2.24, 2.45) is 0 Å². The van der Waals surface area contributed by atoms with Gasteiger partial charge in [0.1, 0.15) is 12.1 Å². The zero-order chi connectivity index (χ0) is 26.7. The van der Waals surface area contributed by atoms with Crippen molar-refractivity contribution in [3.63, 3.8) is 0 Å². The molecule has 1 N–H and O–H groups in total. The highest BCUT2D eigenvalue weighted by atomic mass is 19.4. The lowest BCUT2D eigenvalue weighted by molar-refractivity contribution is -0.137. The lowest BCUT2D eigenvalue weighted by Crippen LogP contribution is -2.35. The van der Waals surface area contributed by atoms with Gasteiger partial charge in [0.2, 0.25) is 5.82 Å². The molecule has 0 saturated carbocycles. The summed E-state index contributed by atoms with van der Waals surface area (Å²) in [5, 5.41) is 13.0. The van der Waals surface area contributed by atoms with Crippen molar-refractivity contribution in [1.82, 2.24) is 15.0 Å². The number of aryl methyl sites for hydroxylation is 1. The molecule has 1 unspecified atom stereocenters. The van der Waals surface area contributed by atoms with E-state index in [9.17, 15) is 27.5 Å². The fourth-order valence-corrected chi connectivity index (χ4v) is 3.97. The molecule has 0 aliphatic heterocycles. The maximum Gasteiger partial charge on any atom is 0.417 e. The highest BCUT2D eigenvalue weighted by molar-refractivity contribution is 5.74. The molecule has 6 nitrogen and oxygen atoms in total. The number of aliphatic hydroxyl groups excluding tert-OH is 1. The van der Waals surface area contributed by atoms with Crippen molar-refractivity contribution >= 4 is 6.29 Å². The normalized spacial score (nSPS) is 12.6. The Hall–Kier alpha value is -3.89. The van der Waals surface area contributed by atoms with E-state index in [-0.39, 0.29) is 40.5 Å². The summed E-state index contributed by atoms with van der Waals surface area (Å²) in [4.78, 5) is 16.7. The Morgan fingerprint density at radius 1 is 1.05 bits per heavy atom. The van der Waals surface area contributed by atoms with Gasteiger partial charge >= 0.3 is 6.18 Å². The van der Waals surface area contributed by atoms with E-state index < -0.39 is 30.2 Å². The van der Waals surface area contributed by atoms with Gasteiger partial charge in [-0.2, -0.15) is 18.2 Å². The molecule has 4 rings (SSSR count). The van der Waals surface area contributed by atoms with Crippen molar-refractivity contribution in [2.75, 3.05) is 13.7 Å². The van der Waals surface area contributed by atoms with Crippen molar-refractivity contribution < 1.29 is 32.0 Å². The Balaban J connectivity index is 1.64. The van der Waals surface area contributed by atoms with Gasteiger partial charge in [0.15, 0.2) is 0 Å². The number of halogens is 4. The van der Waals surface area contributed by atoms with Crippen LogP contribution in [0.15, 0.2) is 65.2 Å². The van der Waals surface area contributed by atoms with E-state index in [4.69, 9.17) is 4.52 Å². The molecule has 0 amide bonds. The largest absolute Gasteiger partial charge is 0.417 e. The first kappa shape index (κ1) is 26.2. The van der Waals surface area contributed by atoms with Gasteiger partial charge < -0.3 is 14.4 Å².